The predicted molar refractivity (Wildman–Crippen MR) is 102 cm³/mol. The molecule has 1 fully saturated rings. The quantitative estimate of drug-likeness (QED) is 0.594. The highest BCUT2D eigenvalue weighted by Gasteiger charge is 2.29. The molecule has 0 aliphatic carbocycles. The number of rotatable bonds is 5. The maximum absolute atomic E-state index is 13.1. The zero-order valence-corrected chi connectivity index (χ0v) is 16.3. The molecule has 1 saturated heterocycles. The van der Waals surface area contributed by atoms with Gasteiger partial charge in [-0.15, -0.1) is 0 Å². The number of amides is 1. The average Bonchev–Trinajstić information content (AvgIpc) is 2.97. The molecule has 2 heterocycles. The van der Waals surface area contributed by atoms with Gasteiger partial charge in [0.2, 0.25) is 5.91 Å². The van der Waals surface area contributed by atoms with Crippen LogP contribution in [0, 0.1) is 0 Å². The van der Waals surface area contributed by atoms with Crippen molar-refractivity contribution in [3.05, 3.63) is 24.3 Å². The molecule has 1 aromatic heterocycles. The Morgan fingerprint density at radius 2 is 1.92 bits per heavy atom. The third kappa shape index (κ3) is 3.87. The molecule has 0 saturated carbocycles. The smallest absolute Gasteiger partial charge is 0.316 e. The molecule has 0 spiro atoms. The summed E-state index contributed by atoms with van der Waals surface area (Å²) in [4.78, 5) is 31.2. The van der Waals surface area contributed by atoms with E-state index in [9.17, 15) is 9.59 Å². The van der Waals surface area contributed by atoms with Crippen LogP contribution in [0.2, 0.25) is 0 Å². The number of thioether (sulfide) groups is 1. The number of hydrogen-bond acceptors (Lipinski definition) is 5. The van der Waals surface area contributed by atoms with Crippen LogP contribution >= 0.6 is 11.8 Å². The van der Waals surface area contributed by atoms with Gasteiger partial charge < -0.3 is 14.2 Å². The summed E-state index contributed by atoms with van der Waals surface area (Å²) in [6.07, 6.45) is 3.26. The van der Waals surface area contributed by atoms with Crippen molar-refractivity contribution in [1.82, 2.24) is 14.5 Å². The van der Waals surface area contributed by atoms with Gasteiger partial charge in [0.1, 0.15) is 6.54 Å². The average molecular weight is 375 g/mol. The van der Waals surface area contributed by atoms with E-state index in [0.717, 1.165) is 23.9 Å². The maximum Gasteiger partial charge on any atom is 0.316 e. The second-order valence-corrected chi connectivity index (χ2v) is 7.71. The largest absolute Gasteiger partial charge is 0.468 e. The molecule has 1 aliphatic heterocycles. The third-order valence-corrected chi connectivity index (χ3v) is 5.89. The molecule has 2 unspecified atom stereocenters. The molecule has 0 N–H and O–H groups in total. The van der Waals surface area contributed by atoms with E-state index in [4.69, 9.17) is 4.74 Å². The van der Waals surface area contributed by atoms with Crippen LogP contribution in [-0.4, -0.2) is 51.3 Å². The van der Waals surface area contributed by atoms with Crippen molar-refractivity contribution in [2.45, 2.75) is 56.9 Å². The van der Waals surface area contributed by atoms with Crippen LogP contribution in [0.5, 0.6) is 0 Å². The molecule has 1 aromatic carbocycles. The molecule has 3 rings (SSSR count). The van der Waals surface area contributed by atoms with Crippen molar-refractivity contribution < 1.29 is 14.3 Å². The second-order valence-electron chi connectivity index (χ2n) is 6.76. The van der Waals surface area contributed by atoms with Crippen LogP contribution in [0.3, 0.4) is 0 Å². The van der Waals surface area contributed by atoms with Crippen LogP contribution in [0.1, 0.15) is 33.1 Å². The number of likely N-dealkylation sites (tertiary alicyclic amines) is 1. The highest BCUT2D eigenvalue weighted by Crippen LogP contribution is 2.27. The van der Waals surface area contributed by atoms with Crippen LogP contribution in [0.15, 0.2) is 29.4 Å². The van der Waals surface area contributed by atoms with Crippen molar-refractivity contribution in [2.75, 3.05) is 12.9 Å². The summed E-state index contributed by atoms with van der Waals surface area (Å²) in [6, 6.07) is 8.25. The fourth-order valence-corrected chi connectivity index (χ4v) is 4.48. The lowest BCUT2D eigenvalue weighted by molar-refractivity contribution is -0.138. The second kappa shape index (κ2) is 8.12. The number of carbonyl (C=O) groups excluding carboxylic acids is 2. The summed E-state index contributed by atoms with van der Waals surface area (Å²) in [5, 5.41) is 0.669. The molecule has 6 nitrogen and oxygen atoms in total. The number of hydrogen-bond donors (Lipinski definition) is 0. The van der Waals surface area contributed by atoms with Crippen molar-refractivity contribution >= 4 is 34.7 Å². The molecule has 2 atom stereocenters. The Morgan fingerprint density at radius 1 is 1.23 bits per heavy atom. The Balaban J connectivity index is 1.87. The van der Waals surface area contributed by atoms with E-state index in [0.29, 0.717) is 5.16 Å². The Labute approximate surface area is 157 Å². The number of methoxy groups -OCH3 is 1. The van der Waals surface area contributed by atoms with E-state index in [1.807, 2.05) is 33.7 Å². The summed E-state index contributed by atoms with van der Waals surface area (Å²) in [5.74, 6) is -0.0316. The van der Waals surface area contributed by atoms with Gasteiger partial charge in [-0.1, -0.05) is 23.9 Å². The zero-order chi connectivity index (χ0) is 18.7. The van der Waals surface area contributed by atoms with Gasteiger partial charge in [-0.05, 0) is 45.2 Å². The first-order chi connectivity index (χ1) is 12.5. The Hall–Kier alpha value is -2.02. The Morgan fingerprint density at radius 3 is 2.62 bits per heavy atom. The summed E-state index contributed by atoms with van der Waals surface area (Å²) < 4.78 is 6.63. The number of esters is 1. The molecule has 2 aromatic rings. The molecule has 7 heteroatoms. The Bertz CT molecular complexity index is 794. The van der Waals surface area contributed by atoms with Crippen molar-refractivity contribution in [1.29, 1.82) is 0 Å². The van der Waals surface area contributed by atoms with Gasteiger partial charge in [0.15, 0.2) is 5.16 Å². The SMILES string of the molecule is COC(=O)CSc1nc2ccccc2n1CC(=O)N1C(C)CCCC1C. The molecule has 1 amide bonds. The van der Waals surface area contributed by atoms with Gasteiger partial charge in [0, 0.05) is 12.1 Å². The molecule has 26 heavy (non-hydrogen) atoms. The first-order valence-corrected chi connectivity index (χ1v) is 9.96. The van der Waals surface area contributed by atoms with Crippen LogP contribution in [0.4, 0.5) is 0 Å². The van der Waals surface area contributed by atoms with Crippen LogP contribution in [0.25, 0.3) is 11.0 Å². The fraction of sp³-hybridized carbons (Fsp3) is 0.526. The predicted octanol–water partition coefficient (Wildman–Crippen LogP) is 3.09. The van der Waals surface area contributed by atoms with E-state index < -0.39 is 0 Å². The number of fused-ring (bicyclic) bond motifs is 1. The molecular weight excluding hydrogens is 350 g/mol. The van der Waals surface area contributed by atoms with E-state index in [-0.39, 0.29) is 36.3 Å². The Kier molecular flexibility index (Phi) is 5.86. The summed E-state index contributed by atoms with van der Waals surface area (Å²) in [7, 11) is 1.37. The number of benzene rings is 1. The first-order valence-electron chi connectivity index (χ1n) is 8.97. The normalized spacial score (nSPS) is 20.3. The number of nitrogens with zero attached hydrogens (tertiary/aromatic N) is 3. The van der Waals surface area contributed by atoms with Gasteiger partial charge in [-0.2, -0.15) is 0 Å². The molecule has 0 radical (unpaired) electrons. The molecule has 0 bridgehead atoms. The zero-order valence-electron chi connectivity index (χ0n) is 15.5. The summed E-state index contributed by atoms with van der Waals surface area (Å²) in [5.41, 5.74) is 1.73. The summed E-state index contributed by atoms with van der Waals surface area (Å²) in [6.45, 7) is 4.47. The number of aromatic nitrogens is 2. The minimum atomic E-state index is -0.307. The van der Waals surface area contributed by atoms with Gasteiger partial charge in [0.05, 0.1) is 23.9 Å². The molecule has 1 aliphatic rings. The van der Waals surface area contributed by atoms with Crippen LogP contribution < -0.4 is 0 Å². The lowest BCUT2D eigenvalue weighted by Crippen LogP contribution is -2.48. The number of ether oxygens (including phenoxy) is 1. The maximum atomic E-state index is 13.1. The van der Waals surface area contributed by atoms with Gasteiger partial charge in [-0.25, -0.2) is 4.98 Å². The number of piperidine rings is 1. The third-order valence-electron chi connectivity index (χ3n) is 4.94. The molecule has 140 valence electrons. The first kappa shape index (κ1) is 18.8. The topological polar surface area (TPSA) is 64.4 Å². The lowest BCUT2D eigenvalue weighted by atomic mass is 9.97. The number of carbonyl (C=O) groups is 2. The highest BCUT2D eigenvalue weighted by molar-refractivity contribution is 7.99. The number of para-hydroxylation sites is 2. The van der Waals surface area contributed by atoms with Gasteiger partial charge >= 0.3 is 5.97 Å². The van der Waals surface area contributed by atoms with Crippen LogP contribution in [-0.2, 0) is 20.9 Å². The molecular formula is C19H25N3O3S. The minimum absolute atomic E-state index is 0.104. The fourth-order valence-electron chi connectivity index (χ4n) is 3.63. The van der Waals surface area contributed by atoms with E-state index in [1.54, 1.807) is 0 Å². The van der Waals surface area contributed by atoms with E-state index >= 15 is 0 Å². The van der Waals surface area contributed by atoms with Crippen molar-refractivity contribution in [3.8, 4) is 0 Å². The minimum Gasteiger partial charge on any atom is -0.468 e. The summed E-state index contributed by atoms with van der Waals surface area (Å²) >= 11 is 1.30. The van der Waals surface area contributed by atoms with Gasteiger partial charge in [-0.3, -0.25) is 9.59 Å². The standard InChI is InChI=1S/C19H25N3O3S/c1-13-7-6-8-14(2)22(13)17(23)11-21-16-10-5-4-9-15(16)20-19(21)26-12-18(24)25-3/h4-5,9-10,13-14H,6-8,11-12H2,1-3H3. The monoisotopic (exact) mass is 375 g/mol. The number of imidazole rings is 1. The highest BCUT2D eigenvalue weighted by atomic mass is 32.2. The van der Waals surface area contributed by atoms with Crippen molar-refractivity contribution in [2.24, 2.45) is 0 Å². The van der Waals surface area contributed by atoms with E-state index in [2.05, 4.69) is 18.8 Å². The lowest BCUT2D eigenvalue weighted by Gasteiger charge is -2.39. The van der Waals surface area contributed by atoms with Crippen molar-refractivity contribution in [3.63, 3.8) is 0 Å². The van der Waals surface area contributed by atoms with E-state index in [1.165, 1.54) is 25.3 Å². The van der Waals surface area contributed by atoms with Gasteiger partial charge in [0.25, 0.3) is 0 Å².